The minimum atomic E-state index is -0.464. The number of aromatic nitrogens is 1. The van der Waals surface area contributed by atoms with Gasteiger partial charge in [0.2, 0.25) is 0 Å². The number of anilines is 1. The molecule has 1 aliphatic carbocycles. The van der Waals surface area contributed by atoms with E-state index in [9.17, 15) is 10.1 Å². The molecule has 5 nitrogen and oxygen atoms in total. The van der Waals surface area contributed by atoms with Crippen LogP contribution in [0, 0.1) is 21.4 Å². The van der Waals surface area contributed by atoms with E-state index in [1.807, 2.05) is 0 Å². The molecule has 1 heterocycles. The third-order valence-corrected chi connectivity index (χ3v) is 3.92. The van der Waals surface area contributed by atoms with Crippen LogP contribution in [0.4, 0.5) is 11.5 Å². The van der Waals surface area contributed by atoms with E-state index in [1.54, 1.807) is 0 Å². The summed E-state index contributed by atoms with van der Waals surface area (Å²) in [5.41, 5.74) is 0.283. The van der Waals surface area contributed by atoms with Gasteiger partial charge in [-0.15, -0.1) is 0 Å². The van der Waals surface area contributed by atoms with Gasteiger partial charge in [-0.2, -0.15) is 0 Å². The van der Waals surface area contributed by atoms with Gasteiger partial charge in [0.15, 0.2) is 0 Å². The Bertz CT molecular complexity index is 472. The molecule has 1 N–H and O–H groups in total. The molecule has 0 spiro atoms. The van der Waals surface area contributed by atoms with E-state index in [0.717, 1.165) is 6.54 Å². The lowest BCUT2D eigenvalue weighted by Crippen LogP contribution is -2.21. The van der Waals surface area contributed by atoms with E-state index in [0.29, 0.717) is 17.2 Å². The van der Waals surface area contributed by atoms with Gasteiger partial charge in [-0.05, 0) is 24.2 Å². The molecule has 18 heavy (non-hydrogen) atoms. The Kier molecular flexibility index (Phi) is 3.43. The first-order chi connectivity index (χ1) is 8.43. The van der Waals surface area contributed by atoms with Crippen LogP contribution in [0.1, 0.15) is 26.7 Å². The number of hydrogen-bond acceptors (Lipinski definition) is 4. The van der Waals surface area contributed by atoms with Crippen molar-refractivity contribution in [3.05, 3.63) is 27.4 Å². The van der Waals surface area contributed by atoms with E-state index < -0.39 is 4.92 Å². The monoisotopic (exact) mass is 269 g/mol. The molecule has 2 rings (SSSR count). The molecule has 0 bridgehead atoms. The molecule has 6 heteroatoms. The van der Waals surface area contributed by atoms with Crippen LogP contribution >= 0.6 is 11.6 Å². The smallest absolute Gasteiger partial charge is 0.276 e. The summed E-state index contributed by atoms with van der Waals surface area (Å²) < 4.78 is 0. The van der Waals surface area contributed by atoms with Gasteiger partial charge in [-0.1, -0.05) is 25.4 Å². The van der Waals surface area contributed by atoms with Gasteiger partial charge in [0.1, 0.15) is 11.0 Å². The molecule has 1 aromatic rings. The molecular formula is C12H16ClN3O2. The molecule has 0 amide bonds. The fraction of sp³-hybridized carbons (Fsp3) is 0.583. The summed E-state index contributed by atoms with van der Waals surface area (Å²) in [4.78, 5) is 14.3. The van der Waals surface area contributed by atoms with Gasteiger partial charge in [-0.3, -0.25) is 10.1 Å². The molecule has 1 aliphatic rings. The molecule has 1 fully saturated rings. The van der Waals surface area contributed by atoms with E-state index in [2.05, 4.69) is 24.1 Å². The molecule has 0 radical (unpaired) electrons. The highest BCUT2D eigenvalue weighted by Gasteiger charge is 2.45. The number of nitro groups is 1. The standard InChI is InChI=1S/C12H16ClN3O2/c1-8(2)12(3-4-12)7-14-11-6-9(16(17)18)5-10(13)15-11/h5-6,8H,3-4,7H2,1-2H3,(H,14,15). The highest BCUT2D eigenvalue weighted by molar-refractivity contribution is 6.29. The van der Waals surface area contributed by atoms with Crippen molar-refractivity contribution in [1.29, 1.82) is 0 Å². The Balaban J connectivity index is 2.08. The molecule has 1 aromatic heterocycles. The van der Waals surface area contributed by atoms with Gasteiger partial charge >= 0.3 is 0 Å². The second-order valence-electron chi connectivity index (χ2n) is 5.16. The Morgan fingerprint density at radius 3 is 2.72 bits per heavy atom. The molecular weight excluding hydrogens is 254 g/mol. The van der Waals surface area contributed by atoms with Gasteiger partial charge in [-0.25, -0.2) is 4.98 Å². The third kappa shape index (κ3) is 2.72. The lowest BCUT2D eigenvalue weighted by molar-refractivity contribution is -0.384. The largest absolute Gasteiger partial charge is 0.369 e. The van der Waals surface area contributed by atoms with Crippen LogP contribution in [0.2, 0.25) is 5.15 Å². The quantitative estimate of drug-likeness (QED) is 0.505. The van der Waals surface area contributed by atoms with Crippen LogP contribution in [0.5, 0.6) is 0 Å². The molecule has 98 valence electrons. The number of nitrogens with one attached hydrogen (secondary N) is 1. The lowest BCUT2D eigenvalue weighted by atomic mass is 9.92. The summed E-state index contributed by atoms with van der Waals surface area (Å²) in [7, 11) is 0. The van der Waals surface area contributed by atoms with Crippen LogP contribution < -0.4 is 5.32 Å². The van der Waals surface area contributed by atoms with Crippen molar-refractivity contribution in [2.45, 2.75) is 26.7 Å². The fourth-order valence-electron chi connectivity index (χ4n) is 2.06. The summed E-state index contributed by atoms with van der Waals surface area (Å²) >= 11 is 5.77. The van der Waals surface area contributed by atoms with Gasteiger partial charge in [0, 0.05) is 6.54 Å². The summed E-state index contributed by atoms with van der Waals surface area (Å²) in [6.45, 7) is 5.18. The molecule has 0 saturated heterocycles. The summed E-state index contributed by atoms with van der Waals surface area (Å²) in [5, 5.41) is 14.0. The molecule has 0 aromatic carbocycles. The van der Waals surface area contributed by atoms with Crippen molar-refractivity contribution >= 4 is 23.1 Å². The number of halogens is 1. The van der Waals surface area contributed by atoms with Crippen LogP contribution in [0.3, 0.4) is 0 Å². The van der Waals surface area contributed by atoms with Crippen molar-refractivity contribution in [2.24, 2.45) is 11.3 Å². The van der Waals surface area contributed by atoms with Crippen molar-refractivity contribution in [3.8, 4) is 0 Å². The normalized spacial score (nSPS) is 16.7. The molecule has 0 unspecified atom stereocenters. The molecule has 0 aliphatic heterocycles. The van der Waals surface area contributed by atoms with Crippen molar-refractivity contribution in [1.82, 2.24) is 4.98 Å². The second kappa shape index (κ2) is 4.72. The van der Waals surface area contributed by atoms with Crippen LogP contribution in [0.15, 0.2) is 12.1 Å². The zero-order valence-electron chi connectivity index (χ0n) is 10.4. The highest BCUT2D eigenvalue weighted by atomic mass is 35.5. The average molecular weight is 270 g/mol. The predicted octanol–water partition coefficient (Wildman–Crippen LogP) is 3.49. The Labute approximate surface area is 111 Å². The minimum absolute atomic E-state index is 0.0353. The van der Waals surface area contributed by atoms with E-state index in [1.165, 1.54) is 25.0 Å². The minimum Gasteiger partial charge on any atom is -0.369 e. The van der Waals surface area contributed by atoms with Crippen molar-refractivity contribution in [2.75, 3.05) is 11.9 Å². The van der Waals surface area contributed by atoms with Gasteiger partial charge in [0.25, 0.3) is 5.69 Å². The average Bonchev–Trinajstić information content (AvgIpc) is 3.06. The SMILES string of the molecule is CC(C)C1(CNc2cc([N+](=O)[O-])cc(Cl)n2)CC1. The Morgan fingerprint density at radius 2 is 2.22 bits per heavy atom. The van der Waals surface area contributed by atoms with Crippen LogP contribution in [-0.4, -0.2) is 16.5 Å². The Morgan fingerprint density at radius 1 is 1.56 bits per heavy atom. The summed E-state index contributed by atoms with van der Waals surface area (Å²) in [6, 6.07) is 2.67. The zero-order valence-corrected chi connectivity index (χ0v) is 11.2. The van der Waals surface area contributed by atoms with Gasteiger partial charge < -0.3 is 5.32 Å². The zero-order chi connectivity index (χ0) is 13.3. The summed E-state index contributed by atoms with van der Waals surface area (Å²) in [5.74, 6) is 1.07. The molecule has 1 saturated carbocycles. The van der Waals surface area contributed by atoms with Crippen molar-refractivity contribution in [3.63, 3.8) is 0 Å². The third-order valence-electron chi connectivity index (χ3n) is 3.73. The van der Waals surface area contributed by atoms with Crippen LogP contribution in [-0.2, 0) is 0 Å². The maximum Gasteiger partial charge on any atom is 0.276 e. The van der Waals surface area contributed by atoms with Gasteiger partial charge in [0.05, 0.1) is 17.1 Å². The van der Waals surface area contributed by atoms with E-state index >= 15 is 0 Å². The Hall–Kier alpha value is -1.36. The molecule has 0 atom stereocenters. The van der Waals surface area contributed by atoms with Crippen molar-refractivity contribution < 1.29 is 4.92 Å². The number of pyridine rings is 1. The number of hydrogen-bond donors (Lipinski definition) is 1. The first kappa shape index (κ1) is 13.1. The number of rotatable bonds is 5. The van der Waals surface area contributed by atoms with E-state index in [-0.39, 0.29) is 10.8 Å². The number of nitrogens with zero attached hydrogens (tertiary/aromatic N) is 2. The second-order valence-corrected chi connectivity index (χ2v) is 5.55. The van der Waals surface area contributed by atoms with Crippen LogP contribution in [0.25, 0.3) is 0 Å². The predicted molar refractivity (Wildman–Crippen MR) is 70.9 cm³/mol. The highest BCUT2D eigenvalue weighted by Crippen LogP contribution is 2.51. The first-order valence-corrected chi connectivity index (χ1v) is 6.37. The lowest BCUT2D eigenvalue weighted by Gasteiger charge is -2.20. The summed E-state index contributed by atoms with van der Waals surface area (Å²) in [6.07, 6.45) is 2.39. The van der Waals surface area contributed by atoms with E-state index in [4.69, 9.17) is 11.6 Å². The first-order valence-electron chi connectivity index (χ1n) is 5.99. The maximum absolute atomic E-state index is 10.7. The topological polar surface area (TPSA) is 68.1 Å². The maximum atomic E-state index is 10.7. The fourth-order valence-corrected chi connectivity index (χ4v) is 2.27.